The van der Waals surface area contributed by atoms with Crippen LogP contribution in [0.4, 0.5) is 0 Å². The minimum Gasteiger partial charge on any atom is -0.479 e. The zero-order chi connectivity index (χ0) is 56.1. The number of allylic oxidation sites excluding steroid dienone is 8. The predicted molar refractivity (Wildman–Crippen MR) is 312 cm³/mol. The Kier molecular flexibility index (Phi) is 49.7. The van der Waals surface area contributed by atoms with Gasteiger partial charge < -0.3 is 39.0 Å². The van der Waals surface area contributed by atoms with Crippen LogP contribution in [0, 0.1) is 0 Å². The summed E-state index contributed by atoms with van der Waals surface area (Å²) in [4.78, 5) is 51.2. The number of hydrogen-bond acceptors (Lipinski definition) is 11. The van der Waals surface area contributed by atoms with E-state index in [4.69, 9.17) is 23.7 Å². The van der Waals surface area contributed by atoms with Gasteiger partial charge in [0, 0.05) is 19.3 Å². The van der Waals surface area contributed by atoms with Gasteiger partial charge in [0.05, 0.1) is 6.61 Å². The normalized spacial score (nSPS) is 18.3. The number of hydrogen-bond donors (Lipinski definition) is 3. The van der Waals surface area contributed by atoms with Crippen LogP contribution in [0.5, 0.6) is 0 Å². The van der Waals surface area contributed by atoms with Gasteiger partial charge in [-0.1, -0.05) is 223 Å². The number of aliphatic hydroxyl groups excluding tert-OH is 2. The Balaban J connectivity index is 2.66. The molecule has 0 aromatic carbocycles. The van der Waals surface area contributed by atoms with Gasteiger partial charge in [-0.25, -0.2) is 4.79 Å². The van der Waals surface area contributed by atoms with Gasteiger partial charge >= 0.3 is 23.9 Å². The van der Waals surface area contributed by atoms with E-state index >= 15 is 0 Å². The van der Waals surface area contributed by atoms with E-state index in [0.717, 1.165) is 109 Å². The Morgan fingerprint density at radius 3 is 1.23 bits per heavy atom. The summed E-state index contributed by atoms with van der Waals surface area (Å²) in [5, 5.41) is 31.5. The van der Waals surface area contributed by atoms with E-state index in [1.54, 1.807) is 0 Å². The van der Waals surface area contributed by atoms with Crippen molar-refractivity contribution in [3.63, 3.8) is 0 Å². The topological polar surface area (TPSA) is 175 Å². The Morgan fingerprint density at radius 2 is 0.805 bits per heavy atom. The first-order valence-electron chi connectivity index (χ1n) is 31.6. The molecule has 0 bridgehead atoms. The van der Waals surface area contributed by atoms with E-state index in [2.05, 4.69) is 69.4 Å². The second kappa shape index (κ2) is 53.3. The molecule has 1 aliphatic rings. The van der Waals surface area contributed by atoms with Crippen LogP contribution >= 0.6 is 0 Å². The van der Waals surface area contributed by atoms with Crippen LogP contribution in [-0.4, -0.2) is 89.2 Å². The van der Waals surface area contributed by atoms with Crippen LogP contribution in [0.3, 0.4) is 0 Å². The van der Waals surface area contributed by atoms with Crippen molar-refractivity contribution in [3.8, 4) is 0 Å². The Bertz CT molecular complexity index is 1520. The molecule has 0 amide bonds. The smallest absolute Gasteiger partial charge is 0.335 e. The van der Waals surface area contributed by atoms with Crippen molar-refractivity contribution in [1.82, 2.24) is 0 Å². The van der Waals surface area contributed by atoms with Gasteiger partial charge in [0.2, 0.25) is 0 Å². The number of rotatable bonds is 54. The van der Waals surface area contributed by atoms with Crippen LogP contribution in [0.2, 0.25) is 0 Å². The summed E-state index contributed by atoms with van der Waals surface area (Å²) in [5.74, 6) is -3.13. The molecule has 0 spiro atoms. The lowest BCUT2D eigenvalue weighted by Gasteiger charge is -2.40. The molecule has 1 rings (SSSR count). The molecule has 3 N–H and O–H groups in total. The molecule has 1 heterocycles. The second-order valence-corrected chi connectivity index (χ2v) is 21.7. The molecular weight excluding hydrogens is 973 g/mol. The average molecular weight is 1090 g/mol. The number of unbranched alkanes of at least 4 members (excludes halogenated alkanes) is 32. The minimum absolute atomic E-state index is 0.0549. The highest BCUT2D eigenvalue weighted by Gasteiger charge is 2.50. The van der Waals surface area contributed by atoms with E-state index in [9.17, 15) is 34.5 Å². The maximum absolute atomic E-state index is 13.1. The SMILES string of the molecule is CCC/C=C\C/C=C\CCCCCCCC(=O)OC(COC(=O)CCCCCCCCC/C=C\CCCCCCCC)COC1OC(C(=O)O)C(O)C(O)C1OC(=O)CCCCCCCCC/C=C\CCCCCCCC. The third-order valence-corrected chi connectivity index (χ3v) is 14.3. The summed E-state index contributed by atoms with van der Waals surface area (Å²) in [6.07, 6.45) is 52.1. The number of ether oxygens (including phenoxy) is 5. The van der Waals surface area contributed by atoms with Crippen molar-refractivity contribution in [3.05, 3.63) is 48.6 Å². The fourth-order valence-electron chi connectivity index (χ4n) is 9.45. The van der Waals surface area contributed by atoms with E-state index in [0.29, 0.717) is 19.3 Å². The largest absolute Gasteiger partial charge is 0.479 e. The highest BCUT2D eigenvalue weighted by molar-refractivity contribution is 5.74. The first kappa shape index (κ1) is 71.7. The first-order valence-corrected chi connectivity index (χ1v) is 31.6. The molecule has 0 aromatic heterocycles. The van der Waals surface area contributed by atoms with Crippen LogP contribution in [-0.2, 0) is 42.9 Å². The summed E-state index contributed by atoms with van der Waals surface area (Å²) < 4.78 is 28.5. The number of carbonyl (C=O) groups excluding carboxylic acids is 3. The fourth-order valence-corrected chi connectivity index (χ4v) is 9.45. The number of aliphatic carboxylic acids is 1. The zero-order valence-electron chi connectivity index (χ0n) is 49.2. The maximum Gasteiger partial charge on any atom is 0.335 e. The standard InChI is InChI=1S/C65H114O12/c1-4-7-10-13-16-19-22-25-27-29-31-34-36-39-42-45-48-51-57(66)73-54-56(75-58(67)52-49-46-43-40-37-33-24-21-18-15-12-9-6-3)55-74-65-63(61(70)60(69)62(77-65)64(71)72)76-59(68)53-50-47-44-41-38-35-32-30-28-26-23-20-17-14-11-8-5-2/h12,15,21,24-28,56,60-63,65,69-70H,4-11,13-14,16-20,22-23,29-55H2,1-3H3,(H,71,72)/b15-12-,24-21-,27-25-,28-26-. The number of carboxylic acid groups (broad SMARTS) is 1. The second-order valence-electron chi connectivity index (χ2n) is 21.7. The van der Waals surface area contributed by atoms with E-state index in [1.807, 2.05) is 0 Å². The molecule has 1 saturated heterocycles. The Morgan fingerprint density at radius 1 is 0.429 bits per heavy atom. The van der Waals surface area contributed by atoms with E-state index in [1.165, 1.54) is 122 Å². The Labute approximate surface area is 469 Å². The van der Waals surface area contributed by atoms with Crippen LogP contribution in [0.15, 0.2) is 48.6 Å². The number of aliphatic hydroxyl groups is 2. The maximum atomic E-state index is 13.1. The first-order chi connectivity index (χ1) is 37.6. The van der Waals surface area contributed by atoms with E-state index in [-0.39, 0.29) is 25.9 Å². The molecule has 6 atom stereocenters. The van der Waals surface area contributed by atoms with Crippen molar-refractivity contribution in [1.29, 1.82) is 0 Å². The van der Waals surface area contributed by atoms with Crippen LogP contribution in [0.25, 0.3) is 0 Å². The van der Waals surface area contributed by atoms with Crippen LogP contribution in [0.1, 0.15) is 290 Å². The van der Waals surface area contributed by atoms with Crippen molar-refractivity contribution >= 4 is 23.9 Å². The van der Waals surface area contributed by atoms with Crippen molar-refractivity contribution in [2.24, 2.45) is 0 Å². The lowest BCUT2D eigenvalue weighted by atomic mass is 9.98. The molecule has 0 radical (unpaired) electrons. The average Bonchev–Trinajstić information content (AvgIpc) is 3.42. The molecule has 1 fully saturated rings. The van der Waals surface area contributed by atoms with Gasteiger partial charge in [-0.05, 0) is 96.3 Å². The third kappa shape index (κ3) is 43.2. The highest BCUT2D eigenvalue weighted by atomic mass is 16.7. The molecular formula is C65H114O12. The van der Waals surface area contributed by atoms with Crippen molar-refractivity contribution < 1.29 is 58.2 Å². The van der Waals surface area contributed by atoms with Gasteiger partial charge in [-0.2, -0.15) is 0 Å². The predicted octanol–water partition coefficient (Wildman–Crippen LogP) is 16.6. The molecule has 12 nitrogen and oxygen atoms in total. The lowest BCUT2D eigenvalue weighted by Crippen LogP contribution is -2.61. The summed E-state index contributed by atoms with van der Waals surface area (Å²) in [7, 11) is 0. The molecule has 6 unspecified atom stereocenters. The van der Waals surface area contributed by atoms with Crippen LogP contribution < -0.4 is 0 Å². The van der Waals surface area contributed by atoms with Gasteiger partial charge in [0.1, 0.15) is 18.8 Å². The number of carboxylic acids is 1. The van der Waals surface area contributed by atoms with Gasteiger partial charge in [-0.3, -0.25) is 14.4 Å². The molecule has 0 aromatic rings. The summed E-state index contributed by atoms with van der Waals surface area (Å²) in [5.41, 5.74) is 0. The van der Waals surface area contributed by atoms with Gasteiger partial charge in [0.15, 0.2) is 24.6 Å². The van der Waals surface area contributed by atoms with Crippen molar-refractivity contribution in [2.75, 3.05) is 13.2 Å². The molecule has 12 heteroatoms. The fraction of sp³-hybridized carbons (Fsp3) is 0.815. The number of carbonyl (C=O) groups is 4. The van der Waals surface area contributed by atoms with E-state index < -0.39 is 67.3 Å². The lowest BCUT2D eigenvalue weighted by molar-refractivity contribution is -0.301. The number of esters is 3. The minimum atomic E-state index is -1.91. The van der Waals surface area contributed by atoms with Gasteiger partial charge in [-0.15, -0.1) is 0 Å². The zero-order valence-corrected chi connectivity index (χ0v) is 49.2. The Hall–Kier alpha value is -3.32. The summed E-state index contributed by atoms with van der Waals surface area (Å²) >= 11 is 0. The molecule has 446 valence electrons. The summed E-state index contributed by atoms with van der Waals surface area (Å²) in [6, 6.07) is 0. The quantitative estimate of drug-likeness (QED) is 0.0228. The monoisotopic (exact) mass is 1090 g/mol. The molecule has 77 heavy (non-hydrogen) atoms. The van der Waals surface area contributed by atoms with Gasteiger partial charge in [0.25, 0.3) is 0 Å². The molecule has 1 aliphatic heterocycles. The summed E-state index contributed by atoms with van der Waals surface area (Å²) in [6.45, 7) is 5.93. The van der Waals surface area contributed by atoms with Crippen molar-refractivity contribution in [2.45, 2.75) is 327 Å². The highest BCUT2D eigenvalue weighted by Crippen LogP contribution is 2.27. The third-order valence-electron chi connectivity index (χ3n) is 14.3. The molecule has 0 saturated carbocycles. The molecule has 0 aliphatic carbocycles.